The van der Waals surface area contributed by atoms with Crippen molar-refractivity contribution in [2.75, 3.05) is 6.54 Å². The van der Waals surface area contributed by atoms with Gasteiger partial charge in [0, 0.05) is 18.0 Å². The van der Waals surface area contributed by atoms with Gasteiger partial charge in [0.1, 0.15) is 0 Å². The molecule has 1 heterocycles. The molecule has 0 bridgehead atoms. The highest BCUT2D eigenvalue weighted by Gasteiger charge is 2.36. The molecule has 0 spiro atoms. The van der Waals surface area contributed by atoms with Gasteiger partial charge in [-0.2, -0.15) is 5.10 Å². The standard InChI is InChI=1S/C15H17N3O3/c1-9(15(20)21)8-18(10-6-7-10)14(19)13-11-4-2-3-5-12(11)16-17-13/h2-5,9-10H,6-8H2,1H3,(H,16,17)(H,20,21). The van der Waals surface area contributed by atoms with E-state index in [0.717, 1.165) is 23.7 Å². The van der Waals surface area contributed by atoms with Crippen LogP contribution in [-0.4, -0.2) is 44.7 Å². The van der Waals surface area contributed by atoms with Crippen molar-refractivity contribution in [1.82, 2.24) is 15.1 Å². The second-order valence-corrected chi connectivity index (χ2v) is 5.55. The number of carboxylic acids is 1. The zero-order chi connectivity index (χ0) is 15.0. The van der Waals surface area contributed by atoms with Gasteiger partial charge in [-0.15, -0.1) is 0 Å². The van der Waals surface area contributed by atoms with E-state index in [9.17, 15) is 9.59 Å². The molecule has 1 atom stereocenters. The Morgan fingerprint density at radius 3 is 2.81 bits per heavy atom. The molecule has 1 aromatic carbocycles. The third-order valence-electron chi connectivity index (χ3n) is 3.81. The number of carbonyl (C=O) groups is 2. The number of benzene rings is 1. The minimum absolute atomic E-state index is 0.148. The second-order valence-electron chi connectivity index (χ2n) is 5.55. The van der Waals surface area contributed by atoms with Crippen molar-refractivity contribution >= 4 is 22.8 Å². The maximum absolute atomic E-state index is 12.7. The largest absolute Gasteiger partial charge is 0.481 e. The number of hydrogen-bond donors (Lipinski definition) is 2. The van der Waals surface area contributed by atoms with Gasteiger partial charge in [-0.3, -0.25) is 14.7 Å². The lowest BCUT2D eigenvalue weighted by Crippen LogP contribution is -2.38. The fourth-order valence-electron chi connectivity index (χ4n) is 2.42. The monoisotopic (exact) mass is 287 g/mol. The first-order chi connectivity index (χ1) is 10.1. The SMILES string of the molecule is CC(CN(C(=O)c1n[nH]c2ccccc12)C1CC1)C(=O)O. The van der Waals surface area contributed by atoms with Gasteiger partial charge in [0.2, 0.25) is 0 Å². The van der Waals surface area contributed by atoms with Crippen LogP contribution in [0.5, 0.6) is 0 Å². The highest BCUT2D eigenvalue weighted by Crippen LogP contribution is 2.30. The van der Waals surface area contributed by atoms with Crippen molar-refractivity contribution in [2.24, 2.45) is 5.92 Å². The number of aromatic amines is 1. The molecule has 21 heavy (non-hydrogen) atoms. The van der Waals surface area contributed by atoms with Gasteiger partial charge in [0.05, 0.1) is 11.4 Å². The summed E-state index contributed by atoms with van der Waals surface area (Å²) in [7, 11) is 0. The Balaban J connectivity index is 1.89. The molecule has 6 heteroatoms. The summed E-state index contributed by atoms with van der Waals surface area (Å²) in [5.41, 5.74) is 1.18. The van der Waals surface area contributed by atoms with E-state index >= 15 is 0 Å². The van der Waals surface area contributed by atoms with E-state index in [1.54, 1.807) is 11.8 Å². The molecular formula is C15H17N3O3. The maximum Gasteiger partial charge on any atom is 0.308 e. The predicted octanol–water partition coefficient (Wildman–Crippen LogP) is 1.89. The minimum Gasteiger partial charge on any atom is -0.481 e. The Morgan fingerprint density at radius 2 is 2.14 bits per heavy atom. The average molecular weight is 287 g/mol. The molecular weight excluding hydrogens is 270 g/mol. The molecule has 1 aromatic heterocycles. The van der Waals surface area contributed by atoms with Crippen LogP contribution in [0.15, 0.2) is 24.3 Å². The number of amides is 1. The smallest absolute Gasteiger partial charge is 0.308 e. The average Bonchev–Trinajstić information content (AvgIpc) is 3.22. The third kappa shape index (κ3) is 2.61. The van der Waals surface area contributed by atoms with E-state index in [1.807, 2.05) is 24.3 Å². The number of hydrogen-bond acceptors (Lipinski definition) is 3. The van der Waals surface area contributed by atoms with Crippen molar-refractivity contribution in [2.45, 2.75) is 25.8 Å². The fourth-order valence-corrected chi connectivity index (χ4v) is 2.42. The Labute approximate surface area is 121 Å². The highest BCUT2D eigenvalue weighted by molar-refractivity contribution is 6.04. The van der Waals surface area contributed by atoms with Crippen LogP contribution < -0.4 is 0 Å². The number of H-pyrrole nitrogens is 1. The zero-order valence-electron chi connectivity index (χ0n) is 11.7. The number of para-hydroxylation sites is 1. The number of carboxylic acid groups (broad SMARTS) is 1. The molecule has 6 nitrogen and oxygen atoms in total. The molecule has 1 amide bonds. The molecule has 0 aliphatic heterocycles. The van der Waals surface area contributed by atoms with Gasteiger partial charge in [0.15, 0.2) is 5.69 Å². The maximum atomic E-state index is 12.7. The number of carbonyl (C=O) groups excluding carboxylic acids is 1. The molecule has 1 fully saturated rings. The lowest BCUT2D eigenvalue weighted by molar-refractivity contribution is -0.141. The second kappa shape index (κ2) is 5.20. The molecule has 2 N–H and O–H groups in total. The molecule has 2 aromatic rings. The van der Waals surface area contributed by atoms with Crippen LogP contribution in [0, 0.1) is 5.92 Å². The van der Waals surface area contributed by atoms with Gasteiger partial charge in [-0.25, -0.2) is 0 Å². The number of aromatic nitrogens is 2. The van der Waals surface area contributed by atoms with Gasteiger partial charge in [0.25, 0.3) is 5.91 Å². The van der Waals surface area contributed by atoms with Crippen LogP contribution in [0.3, 0.4) is 0 Å². The van der Waals surface area contributed by atoms with Gasteiger partial charge >= 0.3 is 5.97 Å². The van der Waals surface area contributed by atoms with Crippen LogP contribution in [0.4, 0.5) is 0 Å². The first-order valence-electron chi connectivity index (χ1n) is 7.05. The first-order valence-corrected chi connectivity index (χ1v) is 7.05. The van der Waals surface area contributed by atoms with Crippen LogP contribution in [0.1, 0.15) is 30.3 Å². The van der Waals surface area contributed by atoms with E-state index in [0.29, 0.717) is 5.69 Å². The Bertz CT molecular complexity index is 690. The zero-order valence-corrected chi connectivity index (χ0v) is 11.7. The normalized spacial score (nSPS) is 15.9. The van der Waals surface area contributed by atoms with E-state index < -0.39 is 11.9 Å². The lowest BCUT2D eigenvalue weighted by atomic mass is 10.1. The summed E-state index contributed by atoms with van der Waals surface area (Å²) in [6.07, 6.45) is 1.86. The number of nitrogens with one attached hydrogen (secondary N) is 1. The topological polar surface area (TPSA) is 86.3 Å². The van der Waals surface area contributed by atoms with Gasteiger partial charge in [-0.1, -0.05) is 25.1 Å². The van der Waals surface area contributed by atoms with Crippen LogP contribution in [-0.2, 0) is 4.79 Å². The summed E-state index contributed by atoms with van der Waals surface area (Å²) < 4.78 is 0. The number of aliphatic carboxylic acids is 1. The first kappa shape index (κ1) is 13.6. The van der Waals surface area contributed by atoms with E-state index in [1.165, 1.54) is 0 Å². The summed E-state index contributed by atoms with van der Waals surface area (Å²) >= 11 is 0. The minimum atomic E-state index is -0.889. The molecule has 0 radical (unpaired) electrons. The predicted molar refractivity (Wildman–Crippen MR) is 77.0 cm³/mol. The Morgan fingerprint density at radius 1 is 1.43 bits per heavy atom. The summed E-state index contributed by atoms with van der Waals surface area (Å²) in [4.78, 5) is 25.4. The quantitative estimate of drug-likeness (QED) is 0.879. The Hall–Kier alpha value is -2.37. The molecule has 1 saturated carbocycles. The molecule has 1 aliphatic carbocycles. The number of rotatable bonds is 5. The van der Waals surface area contributed by atoms with Crippen LogP contribution in [0.25, 0.3) is 10.9 Å². The van der Waals surface area contributed by atoms with Crippen molar-refractivity contribution < 1.29 is 14.7 Å². The van der Waals surface area contributed by atoms with E-state index in [-0.39, 0.29) is 18.5 Å². The van der Waals surface area contributed by atoms with Gasteiger partial charge in [-0.05, 0) is 18.9 Å². The molecule has 110 valence electrons. The molecule has 1 aliphatic rings. The number of fused-ring (bicyclic) bond motifs is 1. The Kier molecular flexibility index (Phi) is 3.37. The molecule has 0 saturated heterocycles. The summed E-state index contributed by atoms with van der Waals surface area (Å²) in [5.74, 6) is -1.66. The lowest BCUT2D eigenvalue weighted by Gasteiger charge is -2.23. The van der Waals surface area contributed by atoms with Crippen molar-refractivity contribution in [3.05, 3.63) is 30.0 Å². The van der Waals surface area contributed by atoms with Crippen molar-refractivity contribution in [3.63, 3.8) is 0 Å². The van der Waals surface area contributed by atoms with E-state index in [4.69, 9.17) is 5.11 Å². The fraction of sp³-hybridized carbons (Fsp3) is 0.400. The molecule has 3 rings (SSSR count). The highest BCUT2D eigenvalue weighted by atomic mass is 16.4. The molecule has 1 unspecified atom stereocenters. The summed E-state index contributed by atoms with van der Waals surface area (Å²) in [6, 6.07) is 7.59. The third-order valence-corrected chi connectivity index (χ3v) is 3.81. The van der Waals surface area contributed by atoms with Gasteiger partial charge < -0.3 is 10.0 Å². The van der Waals surface area contributed by atoms with Crippen molar-refractivity contribution in [1.29, 1.82) is 0 Å². The summed E-state index contributed by atoms with van der Waals surface area (Å²) in [6.45, 7) is 1.84. The number of nitrogens with zero attached hydrogens (tertiary/aromatic N) is 2. The summed E-state index contributed by atoms with van der Waals surface area (Å²) in [5, 5.41) is 16.8. The van der Waals surface area contributed by atoms with Crippen molar-refractivity contribution in [3.8, 4) is 0 Å². The van der Waals surface area contributed by atoms with Crippen LogP contribution >= 0.6 is 0 Å². The van der Waals surface area contributed by atoms with Crippen LogP contribution in [0.2, 0.25) is 0 Å². The van der Waals surface area contributed by atoms with E-state index in [2.05, 4.69) is 10.2 Å².